The van der Waals surface area contributed by atoms with Crippen LogP contribution < -0.4 is 15.1 Å². The summed E-state index contributed by atoms with van der Waals surface area (Å²) in [4.78, 5) is 16.3. The molecule has 2 aromatic carbocycles. The number of anilines is 2. The van der Waals surface area contributed by atoms with Crippen molar-refractivity contribution in [3.05, 3.63) is 60.2 Å². The first-order chi connectivity index (χ1) is 11.1. The molecule has 4 nitrogen and oxygen atoms in total. The number of carbonyl (C=O) groups excluding carboxylic acids is 1. The predicted molar refractivity (Wildman–Crippen MR) is 96.9 cm³/mol. The minimum atomic E-state index is 0.0346. The highest BCUT2D eigenvalue weighted by molar-refractivity contribution is 5.81. The van der Waals surface area contributed by atoms with Crippen molar-refractivity contribution in [2.24, 2.45) is 0 Å². The molecular formula is C19H25N3O. The summed E-state index contributed by atoms with van der Waals surface area (Å²) >= 11 is 0. The summed E-state index contributed by atoms with van der Waals surface area (Å²) in [7, 11) is 4.03. The molecule has 0 aliphatic carbocycles. The number of rotatable bonds is 7. The molecule has 4 heteroatoms. The Hall–Kier alpha value is -2.49. The molecule has 0 saturated carbocycles. The number of nitrogens with zero attached hydrogens (tertiary/aromatic N) is 2. The van der Waals surface area contributed by atoms with Crippen molar-refractivity contribution in [2.75, 3.05) is 37.0 Å². The highest BCUT2D eigenvalue weighted by Crippen LogP contribution is 2.13. The molecule has 23 heavy (non-hydrogen) atoms. The second kappa shape index (κ2) is 8.22. The van der Waals surface area contributed by atoms with Gasteiger partial charge in [0.25, 0.3) is 0 Å². The normalized spacial score (nSPS) is 10.2. The van der Waals surface area contributed by atoms with Crippen LogP contribution in [0.2, 0.25) is 0 Å². The van der Waals surface area contributed by atoms with E-state index in [0.717, 1.165) is 23.5 Å². The predicted octanol–water partition coefficient (Wildman–Crippen LogP) is 2.90. The van der Waals surface area contributed by atoms with E-state index in [2.05, 4.69) is 34.2 Å². The molecule has 0 heterocycles. The number of nitrogens with one attached hydrogen (secondary N) is 1. The fraction of sp³-hybridized carbons (Fsp3) is 0.316. The zero-order valence-electron chi connectivity index (χ0n) is 14.1. The second-order valence-electron chi connectivity index (χ2n) is 5.69. The van der Waals surface area contributed by atoms with Gasteiger partial charge in [0.1, 0.15) is 0 Å². The third-order valence-corrected chi connectivity index (χ3v) is 3.78. The van der Waals surface area contributed by atoms with Crippen LogP contribution in [0.1, 0.15) is 12.5 Å². The van der Waals surface area contributed by atoms with Crippen LogP contribution in [-0.4, -0.2) is 33.1 Å². The van der Waals surface area contributed by atoms with Gasteiger partial charge in [0.15, 0.2) is 0 Å². The summed E-state index contributed by atoms with van der Waals surface area (Å²) in [5.74, 6) is 0.0346. The lowest BCUT2D eigenvalue weighted by molar-refractivity contribution is -0.119. The molecule has 0 unspecified atom stereocenters. The zero-order valence-corrected chi connectivity index (χ0v) is 14.1. The zero-order chi connectivity index (χ0) is 16.7. The third-order valence-electron chi connectivity index (χ3n) is 3.78. The smallest absolute Gasteiger partial charge is 0.239 e. The lowest BCUT2D eigenvalue weighted by Gasteiger charge is -2.22. The van der Waals surface area contributed by atoms with Crippen LogP contribution in [0.5, 0.6) is 0 Å². The van der Waals surface area contributed by atoms with Gasteiger partial charge in [-0.15, -0.1) is 0 Å². The number of benzene rings is 2. The molecule has 122 valence electrons. The molecule has 0 radical (unpaired) electrons. The largest absolute Gasteiger partial charge is 0.378 e. The summed E-state index contributed by atoms with van der Waals surface area (Å²) in [6.07, 6.45) is 0. The van der Waals surface area contributed by atoms with Gasteiger partial charge < -0.3 is 15.1 Å². The number of carbonyl (C=O) groups is 1. The molecule has 1 amide bonds. The lowest BCUT2D eigenvalue weighted by atomic mass is 10.2. The number of hydrogen-bond acceptors (Lipinski definition) is 3. The maximum atomic E-state index is 12.2. The Morgan fingerprint density at radius 2 is 1.61 bits per heavy atom. The lowest BCUT2D eigenvalue weighted by Crippen LogP contribution is -2.36. The average molecular weight is 311 g/mol. The highest BCUT2D eigenvalue weighted by atomic mass is 16.2. The molecule has 0 aliphatic rings. The van der Waals surface area contributed by atoms with Crippen LogP contribution in [0, 0.1) is 0 Å². The van der Waals surface area contributed by atoms with Crippen LogP contribution in [0.15, 0.2) is 54.6 Å². The van der Waals surface area contributed by atoms with Gasteiger partial charge >= 0.3 is 0 Å². The molecule has 2 aromatic rings. The van der Waals surface area contributed by atoms with Crippen molar-refractivity contribution in [3.63, 3.8) is 0 Å². The molecular weight excluding hydrogens is 286 g/mol. The Labute approximate surface area is 138 Å². The fourth-order valence-corrected chi connectivity index (χ4v) is 2.37. The van der Waals surface area contributed by atoms with Crippen molar-refractivity contribution >= 4 is 17.3 Å². The Bertz CT molecular complexity index is 608. The van der Waals surface area contributed by atoms with E-state index in [1.165, 1.54) is 0 Å². The van der Waals surface area contributed by atoms with Gasteiger partial charge in [0, 0.05) is 38.6 Å². The topological polar surface area (TPSA) is 35.6 Å². The van der Waals surface area contributed by atoms with Crippen LogP contribution in [0.3, 0.4) is 0 Å². The maximum absolute atomic E-state index is 12.2. The minimum Gasteiger partial charge on any atom is -0.378 e. The van der Waals surface area contributed by atoms with Crippen LogP contribution in [0.4, 0.5) is 11.4 Å². The first kappa shape index (κ1) is 16.9. The van der Waals surface area contributed by atoms with E-state index in [-0.39, 0.29) is 5.91 Å². The fourth-order valence-electron chi connectivity index (χ4n) is 2.37. The van der Waals surface area contributed by atoms with Gasteiger partial charge in [-0.25, -0.2) is 0 Å². The molecule has 0 spiro atoms. The van der Waals surface area contributed by atoms with Crippen LogP contribution in [-0.2, 0) is 11.3 Å². The van der Waals surface area contributed by atoms with Crippen LogP contribution >= 0.6 is 0 Å². The van der Waals surface area contributed by atoms with Gasteiger partial charge in [-0.1, -0.05) is 30.3 Å². The average Bonchev–Trinajstić information content (AvgIpc) is 2.59. The third kappa shape index (κ3) is 5.02. The Morgan fingerprint density at radius 3 is 2.17 bits per heavy atom. The molecule has 0 bridgehead atoms. The van der Waals surface area contributed by atoms with E-state index in [1.54, 1.807) is 0 Å². The molecule has 0 aromatic heterocycles. The molecule has 0 saturated heterocycles. The van der Waals surface area contributed by atoms with Crippen LogP contribution in [0.25, 0.3) is 0 Å². The van der Waals surface area contributed by atoms with Crippen molar-refractivity contribution < 1.29 is 4.79 Å². The van der Waals surface area contributed by atoms with E-state index in [9.17, 15) is 4.79 Å². The summed E-state index contributed by atoms with van der Waals surface area (Å²) in [5, 5.41) is 2.99. The minimum absolute atomic E-state index is 0.0346. The van der Waals surface area contributed by atoms with Crippen molar-refractivity contribution in [3.8, 4) is 0 Å². The quantitative estimate of drug-likeness (QED) is 0.854. The van der Waals surface area contributed by atoms with Gasteiger partial charge in [-0.2, -0.15) is 0 Å². The van der Waals surface area contributed by atoms with E-state index in [0.29, 0.717) is 13.1 Å². The SMILES string of the molecule is CCN(CC(=O)NCc1ccc(N(C)C)cc1)c1ccccc1. The second-order valence-corrected chi connectivity index (χ2v) is 5.69. The van der Waals surface area contributed by atoms with Crippen molar-refractivity contribution in [1.82, 2.24) is 5.32 Å². The molecule has 1 N–H and O–H groups in total. The van der Waals surface area contributed by atoms with Gasteiger partial charge in [-0.3, -0.25) is 4.79 Å². The summed E-state index contributed by atoms with van der Waals surface area (Å²) in [5.41, 5.74) is 3.33. The van der Waals surface area contributed by atoms with Gasteiger partial charge in [0.2, 0.25) is 5.91 Å². The summed E-state index contributed by atoms with van der Waals surface area (Å²) in [6.45, 7) is 3.78. The van der Waals surface area contributed by atoms with Crippen molar-refractivity contribution in [2.45, 2.75) is 13.5 Å². The van der Waals surface area contributed by atoms with E-state index < -0.39 is 0 Å². The molecule has 0 fully saturated rings. The number of hydrogen-bond donors (Lipinski definition) is 1. The van der Waals surface area contributed by atoms with Crippen molar-refractivity contribution in [1.29, 1.82) is 0 Å². The first-order valence-electron chi connectivity index (χ1n) is 7.93. The monoisotopic (exact) mass is 311 g/mol. The van der Waals surface area contributed by atoms with Gasteiger partial charge in [-0.05, 0) is 36.8 Å². The Balaban J connectivity index is 1.86. The summed E-state index contributed by atoms with van der Waals surface area (Å²) in [6, 6.07) is 18.2. The molecule has 2 rings (SSSR count). The Morgan fingerprint density at radius 1 is 0.957 bits per heavy atom. The van der Waals surface area contributed by atoms with E-state index >= 15 is 0 Å². The number of likely N-dealkylation sites (N-methyl/N-ethyl adjacent to an activating group) is 1. The number of amides is 1. The maximum Gasteiger partial charge on any atom is 0.239 e. The molecule has 0 atom stereocenters. The Kier molecular flexibility index (Phi) is 6.03. The summed E-state index contributed by atoms with van der Waals surface area (Å²) < 4.78 is 0. The first-order valence-corrected chi connectivity index (χ1v) is 7.93. The van der Waals surface area contributed by atoms with E-state index in [1.807, 2.05) is 56.6 Å². The van der Waals surface area contributed by atoms with Gasteiger partial charge in [0.05, 0.1) is 6.54 Å². The highest BCUT2D eigenvalue weighted by Gasteiger charge is 2.09. The number of para-hydroxylation sites is 1. The van der Waals surface area contributed by atoms with E-state index in [4.69, 9.17) is 0 Å². The molecule has 0 aliphatic heterocycles. The standard InChI is InChI=1S/C19H25N3O/c1-4-22(18-8-6-5-7-9-18)15-19(23)20-14-16-10-12-17(13-11-16)21(2)3/h5-13H,4,14-15H2,1-3H3,(H,20,23).